The van der Waals surface area contributed by atoms with Crippen molar-refractivity contribution in [3.8, 4) is 5.75 Å². The van der Waals surface area contributed by atoms with E-state index in [9.17, 15) is 4.79 Å². The summed E-state index contributed by atoms with van der Waals surface area (Å²) in [6.07, 6.45) is 2.20. The topological polar surface area (TPSA) is 26.3 Å². The first-order valence-electron chi connectivity index (χ1n) is 6.87. The molecule has 2 aromatic carbocycles. The molecule has 0 atom stereocenters. The van der Waals surface area contributed by atoms with Crippen LogP contribution in [0.25, 0.3) is 0 Å². The van der Waals surface area contributed by atoms with Crippen LogP contribution in [0.2, 0.25) is 10.0 Å². The van der Waals surface area contributed by atoms with Crippen LogP contribution >= 0.6 is 23.2 Å². The summed E-state index contributed by atoms with van der Waals surface area (Å²) >= 11 is 12.0. The molecule has 0 unspecified atom stereocenters. The van der Waals surface area contributed by atoms with Crippen molar-refractivity contribution in [1.82, 2.24) is 0 Å². The lowest BCUT2D eigenvalue weighted by atomic mass is 9.97. The Labute approximate surface area is 133 Å². The molecule has 2 aromatic rings. The van der Waals surface area contributed by atoms with Gasteiger partial charge in [0.2, 0.25) is 0 Å². The molecule has 0 N–H and O–H groups in total. The Hall–Kier alpha value is -1.51. The smallest absolute Gasteiger partial charge is 0.171 e. The zero-order valence-electron chi connectivity index (χ0n) is 11.4. The summed E-state index contributed by atoms with van der Waals surface area (Å²) in [5, 5.41) is 1.08. The number of Topliss-reactive ketones (excluding diaryl/α,β-unsaturated/α-hetero) is 1. The van der Waals surface area contributed by atoms with E-state index in [0.717, 1.165) is 29.7 Å². The zero-order chi connectivity index (χ0) is 14.8. The molecule has 3 rings (SSSR count). The van der Waals surface area contributed by atoms with Crippen molar-refractivity contribution in [3.05, 3.63) is 63.1 Å². The summed E-state index contributed by atoms with van der Waals surface area (Å²) < 4.78 is 5.69. The van der Waals surface area contributed by atoms with Gasteiger partial charge in [-0.3, -0.25) is 4.79 Å². The Morgan fingerprint density at radius 3 is 2.86 bits per heavy atom. The summed E-state index contributed by atoms with van der Waals surface area (Å²) in [6.45, 7) is 0.666. The van der Waals surface area contributed by atoms with Crippen LogP contribution in [0.15, 0.2) is 36.4 Å². The molecule has 1 heterocycles. The average molecular weight is 321 g/mol. The highest BCUT2D eigenvalue weighted by atomic mass is 35.5. The first-order chi connectivity index (χ1) is 10.1. The summed E-state index contributed by atoms with van der Waals surface area (Å²) in [6, 6.07) is 10.9. The zero-order valence-corrected chi connectivity index (χ0v) is 12.9. The fourth-order valence-corrected chi connectivity index (χ4v) is 3.02. The SMILES string of the molecule is O=C(Cc1ccc(Cl)cc1Cl)c1cccc2c1OCCC2. The molecule has 0 fully saturated rings. The maximum absolute atomic E-state index is 12.6. The van der Waals surface area contributed by atoms with Crippen LogP contribution in [0.5, 0.6) is 5.75 Å². The predicted octanol–water partition coefficient (Wildman–Crippen LogP) is 4.74. The molecular formula is C17H14Cl2O2. The van der Waals surface area contributed by atoms with E-state index in [-0.39, 0.29) is 12.2 Å². The van der Waals surface area contributed by atoms with Gasteiger partial charge >= 0.3 is 0 Å². The summed E-state index contributed by atoms with van der Waals surface area (Å²) in [5.41, 5.74) is 2.52. The van der Waals surface area contributed by atoms with Crippen molar-refractivity contribution >= 4 is 29.0 Å². The van der Waals surface area contributed by atoms with E-state index in [1.807, 2.05) is 18.2 Å². The molecule has 2 nitrogen and oxygen atoms in total. The van der Waals surface area contributed by atoms with Crippen molar-refractivity contribution in [2.24, 2.45) is 0 Å². The minimum atomic E-state index is 0.0120. The minimum Gasteiger partial charge on any atom is -0.493 e. The van der Waals surface area contributed by atoms with E-state index in [2.05, 4.69) is 0 Å². The van der Waals surface area contributed by atoms with Crippen molar-refractivity contribution in [3.63, 3.8) is 0 Å². The van der Waals surface area contributed by atoms with Gasteiger partial charge in [-0.25, -0.2) is 0 Å². The fraction of sp³-hybridized carbons (Fsp3) is 0.235. The van der Waals surface area contributed by atoms with Crippen LogP contribution in [-0.4, -0.2) is 12.4 Å². The van der Waals surface area contributed by atoms with E-state index in [4.69, 9.17) is 27.9 Å². The van der Waals surface area contributed by atoms with Crippen molar-refractivity contribution in [2.45, 2.75) is 19.3 Å². The number of ketones is 1. The molecule has 1 aliphatic rings. The maximum atomic E-state index is 12.6. The molecule has 0 radical (unpaired) electrons. The monoisotopic (exact) mass is 320 g/mol. The number of carbonyl (C=O) groups excluding carboxylic acids is 1. The Morgan fingerprint density at radius 1 is 1.19 bits per heavy atom. The molecule has 0 bridgehead atoms. The summed E-state index contributed by atoms with van der Waals surface area (Å²) in [7, 11) is 0. The van der Waals surface area contributed by atoms with Crippen molar-refractivity contribution in [1.29, 1.82) is 0 Å². The first-order valence-corrected chi connectivity index (χ1v) is 7.62. The van der Waals surface area contributed by atoms with Crippen LogP contribution in [-0.2, 0) is 12.8 Å². The normalized spacial score (nSPS) is 13.4. The molecule has 0 aliphatic carbocycles. The molecule has 0 saturated heterocycles. The largest absolute Gasteiger partial charge is 0.493 e. The highest BCUT2D eigenvalue weighted by Crippen LogP contribution is 2.30. The molecule has 0 saturated carbocycles. The number of carbonyl (C=O) groups is 1. The highest BCUT2D eigenvalue weighted by Gasteiger charge is 2.19. The van der Waals surface area contributed by atoms with Gasteiger partial charge in [0.25, 0.3) is 0 Å². The maximum Gasteiger partial charge on any atom is 0.171 e. The Bertz CT molecular complexity index is 695. The van der Waals surface area contributed by atoms with Gasteiger partial charge < -0.3 is 4.74 Å². The lowest BCUT2D eigenvalue weighted by Crippen LogP contribution is -2.14. The third-order valence-electron chi connectivity index (χ3n) is 3.60. The van der Waals surface area contributed by atoms with Gasteiger partial charge in [0.1, 0.15) is 5.75 Å². The number of halogens is 2. The van der Waals surface area contributed by atoms with Crippen LogP contribution < -0.4 is 4.74 Å². The van der Waals surface area contributed by atoms with Crippen LogP contribution in [0.4, 0.5) is 0 Å². The summed E-state index contributed by atoms with van der Waals surface area (Å²) in [4.78, 5) is 12.6. The number of fused-ring (bicyclic) bond motifs is 1. The minimum absolute atomic E-state index is 0.0120. The van der Waals surface area contributed by atoms with Gasteiger partial charge in [-0.2, -0.15) is 0 Å². The lowest BCUT2D eigenvalue weighted by Gasteiger charge is -2.19. The Morgan fingerprint density at radius 2 is 2.05 bits per heavy atom. The Kier molecular flexibility index (Phi) is 4.18. The first kappa shape index (κ1) is 14.4. The van der Waals surface area contributed by atoms with Crippen molar-refractivity contribution < 1.29 is 9.53 Å². The van der Waals surface area contributed by atoms with Gasteiger partial charge in [-0.15, -0.1) is 0 Å². The van der Waals surface area contributed by atoms with E-state index >= 15 is 0 Å². The molecule has 4 heteroatoms. The molecule has 21 heavy (non-hydrogen) atoms. The predicted molar refractivity (Wildman–Crippen MR) is 84.8 cm³/mol. The van der Waals surface area contributed by atoms with Gasteiger partial charge in [0.05, 0.1) is 12.2 Å². The van der Waals surface area contributed by atoms with Crippen molar-refractivity contribution in [2.75, 3.05) is 6.61 Å². The molecule has 0 aromatic heterocycles. The average Bonchev–Trinajstić information content (AvgIpc) is 2.49. The molecule has 1 aliphatic heterocycles. The second-order valence-electron chi connectivity index (χ2n) is 5.08. The standard InChI is InChI=1S/C17H14Cl2O2/c18-13-7-6-12(15(19)10-13)9-16(20)14-5-1-3-11-4-2-8-21-17(11)14/h1,3,5-7,10H,2,4,8-9H2. The second kappa shape index (κ2) is 6.08. The number of para-hydroxylation sites is 1. The van der Waals surface area contributed by atoms with E-state index in [0.29, 0.717) is 22.2 Å². The van der Waals surface area contributed by atoms with Gasteiger partial charge in [-0.05, 0) is 42.2 Å². The van der Waals surface area contributed by atoms with Crippen LogP contribution in [0.1, 0.15) is 27.9 Å². The third-order valence-corrected chi connectivity index (χ3v) is 4.19. The van der Waals surface area contributed by atoms with E-state index in [1.165, 1.54) is 0 Å². The van der Waals surface area contributed by atoms with E-state index in [1.54, 1.807) is 18.2 Å². The molecule has 108 valence electrons. The summed E-state index contributed by atoms with van der Waals surface area (Å²) in [5.74, 6) is 0.747. The number of aryl methyl sites for hydroxylation is 1. The third kappa shape index (κ3) is 3.07. The highest BCUT2D eigenvalue weighted by molar-refractivity contribution is 6.35. The fourth-order valence-electron chi connectivity index (χ4n) is 2.54. The molecule has 0 spiro atoms. The van der Waals surface area contributed by atoms with Crippen LogP contribution in [0, 0.1) is 0 Å². The molecular weight excluding hydrogens is 307 g/mol. The molecule has 0 amide bonds. The van der Waals surface area contributed by atoms with Gasteiger partial charge in [0.15, 0.2) is 5.78 Å². The quantitative estimate of drug-likeness (QED) is 0.763. The van der Waals surface area contributed by atoms with Crippen LogP contribution in [0.3, 0.4) is 0 Å². The number of ether oxygens (including phenoxy) is 1. The second-order valence-corrected chi connectivity index (χ2v) is 5.93. The number of hydrogen-bond acceptors (Lipinski definition) is 2. The van der Waals surface area contributed by atoms with E-state index < -0.39 is 0 Å². The van der Waals surface area contributed by atoms with Gasteiger partial charge in [0, 0.05) is 16.5 Å². The van der Waals surface area contributed by atoms with Gasteiger partial charge in [-0.1, -0.05) is 41.4 Å². The lowest BCUT2D eigenvalue weighted by molar-refractivity contribution is 0.0988. The number of benzene rings is 2. The number of hydrogen-bond donors (Lipinski definition) is 0. The Balaban J connectivity index is 1.89. The number of rotatable bonds is 3.